The van der Waals surface area contributed by atoms with Crippen molar-refractivity contribution in [3.8, 4) is 0 Å². The summed E-state index contributed by atoms with van der Waals surface area (Å²) in [5.74, 6) is 0.581. The van der Waals surface area contributed by atoms with Crippen LogP contribution in [0.3, 0.4) is 0 Å². The number of hydrogen-bond acceptors (Lipinski definition) is 5. The second kappa shape index (κ2) is 4.32. The molecular formula is C8H13N3OS. The van der Waals surface area contributed by atoms with E-state index in [-0.39, 0.29) is 0 Å². The fraction of sp³-hybridized carbons (Fsp3) is 0.500. The van der Waals surface area contributed by atoms with Crippen molar-refractivity contribution < 1.29 is 4.74 Å². The van der Waals surface area contributed by atoms with E-state index in [9.17, 15) is 0 Å². The summed E-state index contributed by atoms with van der Waals surface area (Å²) >= 11 is 1.50. The summed E-state index contributed by atoms with van der Waals surface area (Å²) in [5, 5.41) is 6.64. The first-order chi connectivity index (χ1) is 6.13. The Bertz CT molecular complexity index is 273. The molecule has 0 saturated heterocycles. The molecular weight excluding hydrogens is 186 g/mol. The van der Waals surface area contributed by atoms with E-state index in [1.54, 1.807) is 5.01 Å². The van der Waals surface area contributed by atoms with Gasteiger partial charge in [-0.25, -0.2) is 4.99 Å². The molecule has 0 saturated carbocycles. The third-order valence-electron chi connectivity index (χ3n) is 1.32. The number of ether oxygens (including phenoxy) is 1. The zero-order valence-electron chi connectivity index (χ0n) is 8.07. The monoisotopic (exact) mass is 199 g/mol. The molecule has 0 aliphatic carbocycles. The highest BCUT2D eigenvalue weighted by molar-refractivity contribution is 8.15. The Labute approximate surface area is 82.4 Å². The summed E-state index contributed by atoms with van der Waals surface area (Å²) in [4.78, 5) is 4.21. The van der Waals surface area contributed by atoms with E-state index in [2.05, 4.69) is 16.7 Å². The molecule has 4 nitrogen and oxygen atoms in total. The number of allylic oxidation sites excluding steroid dienone is 1. The van der Waals surface area contributed by atoms with Crippen LogP contribution in [0.15, 0.2) is 22.4 Å². The van der Waals surface area contributed by atoms with Crippen molar-refractivity contribution in [3.63, 3.8) is 0 Å². The second-order valence-corrected chi connectivity index (χ2v) is 3.49. The summed E-state index contributed by atoms with van der Waals surface area (Å²) in [6.07, 6.45) is 1.94. The van der Waals surface area contributed by atoms with Gasteiger partial charge in [-0.05, 0) is 13.2 Å². The first kappa shape index (κ1) is 10.1. The molecule has 5 heteroatoms. The van der Waals surface area contributed by atoms with Gasteiger partial charge in [0.1, 0.15) is 0 Å². The molecule has 13 heavy (non-hydrogen) atoms. The van der Waals surface area contributed by atoms with Gasteiger partial charge in [-0.15, -0.1) is 16.9 Å². The van der Waals surface area contributed by atoms with Crippen molar-refractivity contribution in [1.82, 2.24) is 5.01 Å². The van der Waals surface area contributed by atoms with Gasteiger partial charge in [0.15, 0.2) is 11.8 Å². The lowest BCUT2D eigenvalue weighted by molar-refractivity contribution is 0.200. The van der Waals surface area contributed by atoms with E-state index in [1.807, 2.05) is 20.2 Å². The maximum atomic E-state index is 5.30. The fourth-order valence-electron chi connectivity index (χ4n) is 0.826. The topological polar surface area (TPSA) is 37.2 Å². The Balaban J connectivity index is 2.78. The number of hydrazone groups is 1. The molecule has 0 atom stereocenters. The first-order valence-corrected chi connectivity index (χ1v) is 5.07. The quantitative estimate of drug-likeness (QED) is 0.500. The van der Waals surface area contributed by atoms with Crippen LogP contribution in [-0.4, -0.2) is 36.0 Å². The minimum Gasteiger partial charge on any atom is -0.452 e. The lowest BCUT2D eigenvalue weighted by Crippen LogP contribution is -2.10. The van der Waals surface area contributed by atoms with Crippen molar-refractivity contribution in [1.29, 1.82) is 0 Å². The van der Waals surface area contributed by atoms with Crippen molar-refractivity contribution in [2.45, 2.75) is 6.92 Å². The average molecular weight is 199 g/mol. The summed E-state index contributed by atoms with van der Waals surface area (Å²) in [7, 11) is 1.85. The van der Waals surface area contributed by atoms with Gasteiger partial charge >= 0.3 is 0 Å². The molecule has 0 unspecified atom stereocenters. The molecule has 0 aromatic heterocycles. The summed E-state index contributed by atoms with van der Waals surface area (Å²) < 4.78 is 5.30. The molecule has 0 fully saturated rings. The standard InChI is InChI=1S/C8H13N3OS/c1-6(2)9-8(13-4)7-10-11(3)5-12-7/h1,5H2,2-4H3. The van der Waals surface area contributed by atoms with Crippen LogP contribution in [-0.2, 0) is 4.74 Å². The van der Waals surface area contributed by atoms with Gasteiger partial charge in [0.2, 0.25) is 0 Å². The maximum Gasteiger partial charge on any atom is 0.265 e. The van der Waals surface area contributed by atoms with Crippen molar-refractivity contribution in [2.75, 3.05) is 20.0 Å². The third kappa shape index (κ3) is 2.77. The molecule has 1 rings (SSSR count). The average Bonchev–Trinajstić information content (AvgIpc) is 2.47. The molecule has 0 amide bonds. The Kier molecular flexibility index (Phi) is 3.36. The highest BCUT2D eigenvalue weighted by atomic mass is 32.2. The Morgan fingerprint density at radius 1 is 1.77 bits per heavy atom. The molecule has 0 aromatic carbocycles. The molecule has 0 spiro atoms. The van der Waals surface area contributed by atoms with Gasteiger partial charge in [-0.3, -0.25) is 5.01 Å². The molecule has 1 heterocycles. The molecule has 72 valence electrons. The van der Waals surface area contributed by atoms with Crippen molar-refractivity contribution in [3.05, 3.63) is 12.3 Å². The number of hydrogen-bond donors (Lipinski definition) is 0. The lowest BCUT2D eigenvalue weighted by atomic mass is 10.6. The van der Waals surface area contributed by atoms with E-state index >= 15 is 0 Å². The van der Waals surface area contributed by atoms with Gasteiger partial charge < -0.3 is 4.74 Å². The molecule has 1 aliphatic rings. The van der Waals surface area contributed by atoms with Crippen LogP contribution < -0.4 is 0 Å². The van der Waals surface area contributed by atoms with Gasteiger partial charge in [0, 0.05) is 12.7 Å². The zero-order valence-corrected chi connectivity index (χ0v) is 8.89. The third-order valence-corrected chi connectivity index (χ3v) is 1.97. The zero-order chi connectivity index (χ0) is 9.84. The predicted molar refractivity (Wildman–Crippen MR) is 56.9 cm³/mol. The minimum absolute atomic E-state index is 0.491. The van der Waals surface area contributed by atoms with Crippen LogP contribution in [0, 0.1) is 0 Å². The number of rotatable bonds is 2. The second-order valence-electron chi connectivity index (χ2n) is 2.69. The molecule has 0 radical (unpaired) electrons. The number of aliphatic imine (C=N–C) groups is 1. The summed E-state index contributed by atoms with van der Waals surface area (Å²) in [6.45, 7) is 6.04. The van der Waals surface area contributed by atoms with Gasteiger partial charge in [0.05, 0.1) is 0 Å². The van der Waals surface area contributed by atoms with Crippen LogP contribution in [0.4, 0.5) is 0 Å². The van der Waals surface area contributed by atoms with Crippen LogP contribution in [0.2, 0.25) is 0 Å². The van der Waals surface area contributed by atoms with Gasteiger partial charge in [-0.1, -0.05) is 6.58 Å². The van der Waals surface area contributed by atoms with E-state index in [0.717, 1.165) is 10.7 Å². The number of thioether (sulfide) groups is 1. The summed E-state index contributed by atoms with van der Waals surface area (Å²) in [5.41, 5.74) is 0.755. The molecule has 1 aliphatic heterocycles. The summed E-state index contributed by atoms with van der Waals surface area (Å²) in [6, 6.07) is 0. The van der Waals surface area contributed by atoms with Crippen LogP contribution in [0.5, 0.6) is 0 Å². The van der Waals surface area contributed by atoms with E-state index in [0.29, 0.717) is 12.6 Å². The molecule has 0 bridgehead atoms. The highest BCUT2D eigenvalue weighted by Crippen LogP contribution is 2.10. The van der Waals surface area contributed by atoms with E-state index < -0.39 is 0 Å². The first-order valence-electron chi connectivity index (χ1n) is 3.84. The van der Waals surface area contributed by atoms with Crippen molar-refractivity contribution in [2.24, 2.45) is 10.1 Å². The number of nitrogens with zero attached hydrogens (tertiary/aromatic N) is 3. The van der Waals surface area contributed by atoms with E-state index in [4.69, 9.17) is 4.74 Å². The van der Waals surface area contributed by atoms with Crippen molar-refractivity contribution >= 4 is 22.7 Å². The predicted octanol–water partition coefficient (Wildman–Crippen LogP) is 1.51. The molecule has 0 N–H and O–H groups in total. The van der Waals surface area contributed by atoms with Gasteiger partial charge in [-0.2, -0.15) is 0 Å². The van der Waals surface area contributed by atoms with Crippen LogP contribution >= 0.6 is 11.8 Å². The van der Waals surface area contributed by atoms with Gasteiger partial charge in [0.25, 0.3) is 5.90 Å². The Morgan fingerprint density at radius 3 is 2.85 bits per heavy atom. The fourth-order valence-corrected chi connectivity index (χ4v) is 1.35. The van der Waals surface area contributed by atoms with E-state index in [1.165, 1.54) is 11.8 Å². The SMILES string of the molecule is C=C(C)N=C(SC)C1=NN(C)CO1. The Morgan fingerprint density at radius 2 is 2.46 bits per heavy atom. The highest BCUT2D eigenvalue weighted by Gasteiger charge is 2.17. The van der Waals surface area contributed by atoms with Crippen LogP contribution in [0.1, 0.15) is 6.92 Å². The normalized spacial score (nSPS) is 17.0. The molecule has 0 aromatic rings. The maximum absolute atomic E-state index is 5.30. The smallest absolute Gasteiger partial charge is 0.265 e. The minimum atomic E-state index is 0.491. The largest absolute Gasteiger partial charge is 0.452 e. The Hall–Kier alpha value is -0.970. The lowest BCUT2D eigenvalue weighted by Gasteiger charge is -2.00. The van der Waals surface area contributed by atoms with Crippen LogP contribution in [0.25, 0.3) is 0 Å².